The van der Waals surface area contributed by atoms with Gasteiger partial charge >= 0.3 is 0 Å². The molecule has 0 amide bonds. The number of nitriles is 2. The first-order valence-electron chi connectivity index (χ1n) is 3.96. The highest BCUT2D eigenvalue weighted by Gasteiger charge is 2.13. The fourth-order valence-electron chi connectivity index (χ4n) is 0.990. The van der Waals surface area contributed by atoms with Gasteiger partial charge in [-0.15, -0.1) is 0 Å². The molecule has 0 saturated heterocycles. The van der Waals surface area contributed by atoms with E-state index in [4.69, 9.17) is 21.0 Å². The Morgan fingerprint density at radius 2 is 2.21 bits per heavy atom. The topological polar surface area (TPSA) is 95.7 Å². The van der Waals surface area contributed by atoms with Crippen molar-refractivity contribution in [3.63, 3.8) is 0 Å². The number of nitrogens with two attached hydrogens (primary N) is 1. The van der Waals surface area contributed by atoms with Gasteiger partial charge in [0, 0.05) is 0 Å². The minimum Gasteiger partial charge on any atom is -0.491 e. The van der Waals surface area contributed by atoms with Crippen molar-refractivity contribution in [2.45, 2.75) is 6.92 Å². The maximum Gasteiger partial charge on any atom is 0.160 e. The molecule has 2 N–H and O–H groups in total. The van der Waals surface area contributed by atoms with Crippen LogP contribution in [0.1, 0.15) is 18.1 Å². The lowest BCUT2D eigenvalue weighted by Crippen LogP contribution is -2.02. The SMILES string of the molecule is CCOc1c(C#N)cnc(N)c1C#N. The molecular weight excluding hydrogens is 180 g/mol. The number of rotatable bonds is 2. The Kier molecular flexibility index (Phi) is 2.88. The number of nitrogen functional groups attached to an aromatic ring is 1. The third-order valence-corrected chi connectivity index (χ3v) is 1.58. The average Bonchev–Trinajstić information content (AvgIpc) is 2.19. The summed E-state index contributed by atoms with van der Waals surface area (Å²) in [5.74, 6) is 0.292. The van der Waals surface area contributed by atoms with E-state index in [1.165, 1.54) is 6.20 Å². The van der Waals surface area contributed by atoms with Crippen molar-refractivity contribution in [1.82, 2.24) is 4.98 Å². The highest BCUT2D eigenvalue weighted by Crippen LogP contribution is 2.25. The summed E-state index contributed by atoms with van der Waals surface area (Å²) in [6.07, 6.45) is 1.29. The fourth-order valence-corrected chi connectivity index (χ4v) is 0.990. The van der Waals surface area contributed by atoms with E-state index in [2.05, 4.69) is 4.98 Å². The maximum absolute atomic E-state index is 8.79. The lowest BCUT2D eigenvalue weighted by molar-refractivity contribution is 0.338. The van der Waals surface area contributed by atoms with Crippen LogP contribution in [0.4, 0.5) is 5.82 Å². The molecule has 0 radical (unpaired) electrons. The fraction of sp³-hybridized carbons (Fsp3) is 0.222. The summed E-state index contributed by atoms with van der Waals surface area (Å²) in [5, 5.41) is 17.5. The Bertz CT molecular complexity index is 428. The van der Waals surface area contributed by atoms with Gasteiger partial charge in [0.05, 0.1) is 12.8 Å². The van der Waals surface area contributed by atoms with Crippen LogP contribution in [0.15, 0.2) is 6.20 Å². The minimum atomic E-state index is 0.0787. The van der Waals surface area contributed by atoms with E-state index in [9.17, 15) is 0 Å². The number of nitrogens with zero attached hydrogens (tertiary/aromatic N) is 3. The second-order valence-electron chi connectivity index (χ2n) is 2.42. The van der Waals surface area contributed by atoms with E-state index in [0.717, 1.165) is 0 Å². The van der Waals surface area contributed by atoms with Crippen molar-refractivity contribution < 1.29 is 4.74 Å². The second-order valence-corrected chi connectivity index (χ2v) is 2.42. The van der Waals surface area contributed by atoms with Crippen molar-refractivity contribution in [2.75, 3.05) is 12.3 Å². The summed E-state index contributed by atoms with van der Waals surface area (Å²) in [6, 6.07) is 3.75. The Labute approximate surface area is 81.3 Å². The van der Waals surface area contributed by atoms with Crippen LogP contribution < -0.4 is 10.5 Å². The molecule has 0 fully saturated rings. The normalized spacial score (nSPS) is 8.79. The molecule has 70 valence electrons. The Morgan fingerprint density at radius 3 is 2.71 bits per heavy atom. The summed E-state index contributed by atoms with van der Waals surface area (Å²) in [6.45, 7) is 2.13. The average molecular weight is 188 g/mol. The van der Waals surface area contributed by atoms with E-state index in [1.54, 1.807) is 6.92 Å². The predicted molar refractivity (Wildman–Crippen MR) is 49.2 cm³/mol. The Balaban J connectivity index is 3.39. The standard InChI is InChI=1S/C9H8N4O/c1-2-14-8-6(3-10)5-13-9(12)7(8)4-11/h5H,2H2,1H3,(H2,12,13). The van der Waals surface area contributed by atoms with Crippen molar-refractivity contribution >= 4 is 5.82 Å². The zero-order valence-electron chi connectivity index (χ0n) is 7.61. The van der Waals surface area contributed by atoms with Crippen LogP contribution in [0, 0.1) is 22.7 Å². The van der Waals surface area contributed by atoms with E-state index in [-0.39, 0.29) is 22.7 Å². The van der Waals surface area contributed by atoms with Crippen LogP contribution in [0.5, 0.6) is 5.75 Å². The smallest absolute Gasteiger partial charge is 0.160 e. The predicted octanol–water partition coefficient (Wildman–Crippen LogP) is 0.806. The quantitative estimate of drug-likeness (QED) is 0.740. The molecule has 5 heteroatoms. The first kappa shape index (κ1) is 9.82. The molecular formula is C9H8N4O. The first-order valence-corrected chi connectivity index (χ1v) is 3.96. The molecule has 0 aliphatic carbocycles. The monoisotopic (exact) mass is 188 g/mol. The van der Waals surface area contributed by atoms with Gasteiger partial charge in [-0.2, -0.15) is 10.5 Å². The number of aromatic nitrogens is 1. The molecule has 0 bridgehead atoms. The zero-order chi connectivity index (χ0) is 10.6. The summed E-state index contributed by atoms with van der Waals surface area (Å²) in [5.41, 5.74) is 5.80. The summed E-state index contributed by atoms with van der Waals surface area (Å²) >= 11 is 0. The number of hydrogen-bond acceptors (Lipinski definition) is 5. The molecule has 1 heterocycles. The molecule has 0 unspecified atom stereocenters. The van der Waals surface area contributed by atoms with Gasteiger partial charge in [0.25, 0.3) is 0 Å². The van der Waals surface area contributed by atoms with Crippen LogP contribution >= 0.6 is 0 Å². The van der Waals surface area contributed by atoms with E-state index in [0.29, 0.717) is 6.61 Å². The summed E-state index contributed by atoms with van der Waals surface area (Å²) < 4.78 is 5.17. The highest BCUT2D eigenvalue weighted by molar-refractivity contribution is 5.61. The number of ether oxygens (including phenoxy) is 1. The van der Waals surface area contributed by atoms with Gasteiger partial charge in [0.15, 0.2) is 5.75 Å². The largest absolute Gasteiger partial charge is 0.491 e. The highest BCUT2D eigenvalue weighted by atomic mass is 16.5. The molecule has 0 atom stereocenters. The van der Waals surface area contributed by atoms with Crippen molar-refractivity contribution in [1.29, 1.82) is 10.5 Å². The van der Waals surface area contributed by atoms with Crippen LogP contribution in [-0.4, -0.2) is 11.6 Å². The second kappa shape index (κ2) is 4.11. The van der Waals surface area contributed by atoms with Crippen molar-refractivity contribution in [2.24, 2.45) is 0 Å². The number of hydrogen-bond donors (Lipinski definition) is 1. The lowest BCUT2D eigenvalue weighted by atomic mass is 10.2. The molecule has 1 rings (SSSR count). The van der Waals surface area contributed by atoms with Crippen LogP contribution in [0.25, 0.3) is 0 Å². The van der Waals surface area contributed by atoms with Gasteiger partial charge in [-0.3, -0.25) is 0 Å². The molecule has 0 saturated carbocycles. The van der Waals surface area contributed by atoms with Crippen LogP contribution in [-0.2, 0) is 0 Å². The third-order valence-electron chi connectivity index (χ3n) is 1.58. The maximum atomic E-state index is 8.79. The van der Waals surface area contributed by atoms with Gasteiger partial charge in [0.1, 0.15) is 29.1 Å². The van der Waals surface area contributed by atoms with Crippen LogP contribution in [0.2, 0.25) is 0 Å². The molecule has 5 nitrogen and oxygen atoms in total. The molecule has 1 aromatic heterocycles. The number of pyridine rings is 1. The summed E-state index contributed by atoms with van der Waals surface area (Å²) in [7, 11) is 0. The molecule has 1 aromatic rings. The van der Waals surface area contributed by atoms with Crippen molar-refractivity contribution in [3.8, 4) is 17.9 Å². The Hall–Kier alpha value is -2.27. The molecule has 0 aliphatic rings. The Morgan fingerprint density at radius 1 is 1.50 bits per heavy atom. The zero-order valence-corrected chi connectivity index (χ0v) is 7.61. The van der Waals surface area contributed by atoms with E-state index >= 15 is 0 Å². The van der Waals surface area contributed by atoms with Gasteiger partial charge < -0.3 is 10.5 Å². The number of anilines is 1. The first-order chi connectivity index (χ1) is 6.74. The van der Waals surface area contributed by atoms with Gasteiger partial charge in [-0.1, -0.05) is 0 Å². The molecule has 0 aromatic carbocycles. The van der Waals surface area contributed by atoms with Crippen LogP contribution in [0.3, 0.4) is 0 Å². The molecule has 14 heavy (non-hydrogen) atoms. The van der Waals surface area contributed by atoms with Gasteiger partial charge in [0.2, 0.25) is 0 Å². The molecule has 0 aliphatic heterocycles. The van der Waals surface area contributed by atoms with E-state index in [1.807, 2.05) is 12.1 Å². The minimum absolute atomic E-state index is 0.0787. The van der Waals surface area contributed by atoms with Gasteiger partial charge in [-0.05, 0) is 6.92 Å². The molecule has 0 spiro atoms. The third kappa shape index (κ3) is 1.57. The van der Waals surface area contributed by atoms with Gasteiger partial charge in [-0.25, -0.2) is 4.98 Å². The summed E-state index contributed by atoms with van der Waals surface area (Å²) in [4.78, 5) is 3.72. The lowest BCUT2D eigenvalue weighted by Gasteiger charge is -2.07. The van der Waals surface area contributed by atoms with E-state index < -0.39 is 0 Å². The van der Waals surface area contributed by atoms with Crippen molar-refractivity contribution in [3.05, 3.63) is 17.3 Å².